The van der Waals surface area contributed by atoms with Gasteiger partial charge in [0.15, 0.2) is 0 Å². The number of aromatic nitrogens is 2. The molecule has 84 valence electrons. The van der Waals surface area contributed by atoms with Crippen LogP contribution in [0.15, 0.2) is 18.5 Å². The van der Waals surface area contributed by atoms with Gasteiger partial charge in [-0.15, -0.1) is 24.8 Å². The predicted molar refractivity (Wildman–Crippen MR) is 67.1 cm³/mol. The molecule has 0 spiro atoms. The molecule has 0 fully saturated rings. The van der Waals surface area contributed by atoms with Crippen LogP contribution in [0.25, 0.3) is 5.65 Å². The van der Waals surface area contributed by atoms with Crippen molar-refractivity contribution >= 4 is 30.5 Å². The molecule has 0 unspecified atom stereocenters. The maximum absolute atomic E-state index is 5.53. The van der Waals surface area contributed by atoms with Gasteiger partial charge in [-0.25, -0.2) is 4.98 Å². The molecule has 0 saturated heterocycles. The summed E-state index contributed by atoms with van der Waals surface area (Å²) in [5.74, 6) is 0. The smallest absolute Gasteiger partial charge is 0.140 e. The molecule has 0 amide bonds. The summed E-state index contributed by atoms with van der Waals surface area (Å²) in [6.45, 7) is 4.64. The van der Waals surface area contributed by atoms with E-state index >= 15 is 0 Å². The van der Waals surface area contributed by atoms with Crippen molar-refractivity contribution in [1.29, 1.82) is 0 Å². The molecule has 15 heavy (non-hydrogen) atoms. The van der Waals surface area contributed by atoms with Gasteiger partial charge in [-0.1, -0.05) is 6.07 Å². The van der Waals surface area contributed by atoms with Crippen LogP contribution < -0.4 is 5.73 Å². The van der Waals surface area contributed by atoms with Gasteiger partial charge in [0.2, 0.25) is 0 Å². The molecule has 0 saturated carbocycles. The molecule has 0 aliphatic carbocycles. The highest BCUT2D eigenvalue weighted by Crippen LogP contribution is 2.12. The number of fused-ring (bicyclic) bond motifs is 1. The van der Waals surface area contributed by atoms with Gasteiger partial charge in [0.05, 0.1) is 5.69 Å². The average Bonchev–Trinajstić information content (AvgIpc) is 2.47. The zero-order valence-electron chi connectivity index (χ0n) is 8.73. The summed E-state index contributed by atoms with van der Waals surface area (Å²) < 4.78 is 2.03. The molecule has 2 heterocycles. The molecular formula is C10H15Cl2N3. The molecule has 5 heteroatoms. The fourth-order valence-electron chi connectivity index (χ4n) is 1.60. The van der Waals surface area contributed by atoms with Crippen LogP contribution in [0, 0.1) is 13.8 Å². The predicted octanol–water partition coefficient (Wildman–Crippen LogP) is 2.25. The molecule has 2 N–H and O–H groups in total. The Bertz CT molecular complexity index is 451. The van der Waals surface area contributed by atoms with Crippen molar-refractivity contribution in [3.8, 4) is 0 Å². The van der Waals surface area contributed by atoms with Crippen LogP contribution in [0.5, 0.6) is 0 Å². The highest BCUT2D eigenvalue weighted by molar-refractivity contribution is 5.85. The second-order valence-corrected chi connectivity index (χ2v) is 3.37. The van der Waals surface area contributed by atoms with Crippen LogP contribution in [0.2, 0.25) is 0 Å². The number of halogens is 2. The van der Waals surface area contributed by atoms with Crippen molar-refractivity contribution in [2.24, 2.45) is 5.73 Å². The number of pyridine rings is 1. The molecule has 0 aliphatic rings. The summed E-state index contributed by atoms with van der Waals surface area (Å²) in [5.41, 5.74) is 9.91. The summed E-state index contributed by atoms with van der Waals surface area (Å²) in [6, 6.07) is 2.13. The van der Waals surface area contributed by atoms with E-state index in [0.717, 1.165) is 11.3 Å². The van der Waals surface area contributed by atoms with Crippen molar-refractivity contribution in [3.63, 3.8) is 0 Å². The van der Waals surface area contributed by atoms with Gasteiger partial charge in [0.1, 0.15) is 5.65 Å². The molecule has 2 aromatic heterocycles. The topological polar surface area (TPSA) is 43.3 Å². The Balaban J connectivity index is 0.000000980. The monoisotopic (exact) mass is 247 g/mol. The van der Waals surface area contributed by atoms with Crippen LogP contribution in [0.4, 0.5) is 0 Å². The van der Waals surface area contributed by atoms with Crippen molar-refractivity contribution in [2.45, 2.75) is 20.4 Å². The summed E-state index contributed by atoms with van der Waals surface area (Å²) in [7, 11) is 0. The second-order valence-electron chi connectivity index (χ2n) is 3.37. The Labute approximate surface area is 102 Å². The summed E-state index contributed by atoms with van der Waals surface area (Å²) in [4.78, 5) is 4.41. The first-order valence-electron chi connectivity index (χ1n) is 4.35. The third-order valence-electron chi connectivity index (χ3n) is 2.13. The van der Waals surface area contributed by atoms with E-state index in [1.807, 2.05) is 10.6 Å². The van der Waals surface area contributed by atoms with Crippen LogP contribution in [0.3, 0.4) is 0 Å². The van der Waals surface area contributed by atoms with Gasteiger partial charge < -0.3 is 10.1 Å². The number of hydrogen-bond acceptors (Lipinski definition) is 2. The van der Waals surface area contributed by atoms with Gasteiger partial charge in [-0.2, -0.15) is 0 Å². The van der Waals surface area contributed by atoms with E-state index < -0.39 is 0 Å². The number of nitrogens with zero attached hydrogens (tertiary/aromatic N) is 2. The zero-order chi connectivity index (χ0) is 9.42. The van der Waals surface area contributed by atoms with E-state index in [1.54, 1.807) is 0 Å². The van der Waals surface area contributed by atoms with E-state index in [9.17, 15) is 0 Å². The SMILES string of the molecule is Cc1cc(C)c2nc(CN)cn2c1.Cl.Cl. The highest BCUT2D eigenvalue weighted by atomic mass is 35.5. The van der Waals surface area contributed by atoms with E-state index in [4.69, 9.17) is 5.73 Å². The lowest BCUT2D eigenvalue weighted by atomic mass is 10.2. The maximum Gasteiger partial charge on any atom is 0.140 e. The van der Waals surface area contributed by atoms with E-state index in [-0.39, 0.29) is 24.8 Å². The highest BCUT2D eigenvalue weighted by Gasteiger charge is 2.02. The molecule has 0 aliphatic heterocycles. The van der Waals surface area contributed by atoms with Crippen molar-refractivity contribution in [1.82, 2.24) is 9.38 Å². The third kappa shape index (κ3) is 2.62. The quantitative estimate of drug-likeness (QED) is 0.841. The Morgan fingerprint density at radius 2 is 1.93 bits per heavy atom. The lowest BCUT2D eigenvalue weighted by molar-refractivity contribution is 1.01. The minimum absolute atomic E-state index is 0. The first-order valence-corrected chi connectivity index (χ1v) is 4.35. The molecule has 0 aromatic carbocycles. The zero-order valence-corrected chi connectivity index (χ0v) is 10.4. The average molecular weight is 248 g/mol. The number of imidazole rings is 1. The standard InChI is InChI=1S/C10H13N3.2ClH/c1-7-3-8(2)10-12-9(4-11)6-13(10)5-7;;/h3,5-6H,4,11H2,1-2H3;2*1H. The number of nitrogens with two attached hydrogens (primary N) is 1. The fraction of sp³-hybridized carbons (Fsp3) is 0.300. The van der Waals surface area contributed by atoms with E-state index in [0.29, 0.717) is 6.54 Å². The Morgan fingerprint density at radius 3 is 2.53 bits per heavy atom. The van der Waals surface area contributed by atoms with Gasteiger partial charge in [0.25, 0.3) is 0 Å². The van der Waals surface area contributed by atoms with Gasteiger partial charge in [0, 0.05) is 18.9 Å². The lowest BCUT2D eigenvalue weighted by Crippen LogP contribution is -1.95. The Morgan fingerprint density at radius 1 is 1.27 bits per heavy atom. The van der Waals surface area contributed by atoms with Crippen molar-refractivity contribution in [2.75, 3.05) is 0 Å². The van der Waals surface area contributed by atoms with Gasteiger partial charge >= 0.3 is 0 Å². The minimum Gasteiger partial charge on any atom is -0.325 e. The summed E-state index contributed by atoms with van der Waals surface area (Å²) in [6.07, 6.45) is 4.05. The van der Waals surface area contributed by atoms with Crippen molar-refractivity contribution < 1.29 is 0 Å². The van der Waals surface area contributed by atoms with Gasteiger partial charge in [-0.05, 0) is 25.0 Å². The fourth-order valence-corrected chi connectivity index (χ4v) is 1.60. The number of hydrogen-bond donors (Lipinski definition) is 1. The van der Waals surface area contributed by atoms with Crippen LogP contribution in [-0.2, 0) is 6.54 Å². The van der Waals surface area contributed by atoms with Crippen LogP contribution >= 0.6 is 24.8 Å². The maximum atomic E-state index is 5.53. The molecule has 0 bridgehead atoms. The van der Waals surface area contributed by atoms with Crippen LogP contribution in [-0.4, -0.2) is 9.38 Å². The molecule has 3 nitrogen and oxygen atoms in total. The lowest BCUT2D eigenvalue weighted by Gasteiger charge is -1.98. The molecule has 2 aromatic rings. The second kappa shape index (κ2) is 5.35. The van der Waals surface area contributed by atoms with Crippen molar-refractivity contribution in [3.05, 3.63) is 35.3 Å². The van der Waals surface area contributed by atoms with E-state index in [2.05, 4.69) is 31.1 Å². The number of rotatable bonds is 1. The van der Waals surface area contributed by atoms with E-state index in [1.165, 1.54) is 11.1 Å². The van der Waals surface area contributed by atoms with Gasteiger partial charge in [-0.3, -0.25) is 0 Å². The molecule has 0 atom stereocenters. The molecular weight excluding hydrogens is 233 g/mol. The summed E-state index contributed by atoms with van der Waals surface area (Å²) >= 11 is 0. The number of aryl methyl sites for hydroxylation is 2. The Kier molecular flexibility index (Phi) is 5.08. The first kappa shape index (κ1) is 14.2. The largest absolute Gasteiger partial charge is 0.325 e. The summed E-state index contributed by atoms with van der Waals surface area (Å²) in [5, 5.41) is 0. The third-order valence-corrected chi connectivity index (χ3v) is 2.13. The molecule has 2 rings (SSSR count). The molecule has 0 radical (unpaired) electrons. The minimum atomic E-state index is 0. The van der Waals surface area contributed by atoms with Crippen LogP contribution in [0.1, 0.15) is 16.8 Å². The normalized spacial score (nSPS) is 9.53. The first-order chi connectivity index (χ1) is 6.20. The Hall–Kier alpha value is -0.770.